The van der Waals surface area contributed by atoms with E-state index in [1.807, 2.05) is 0 Å². The van der Waals surface area contributed by atoms with Gasteiger partial charge in [-0.15, -0.1) is 0 Å². The summed E-state index contributed by atoms with van der Waals surface area (Å²) in [6, 6.07) is 6.69. The predicted octanol–water partition coefficient (Wildman–Crippen LogP) is 3.07. The van der Waals surface area contributed by atoms with Crippen LogP contribution < -0.4 is 0 Å². The Bertz CT molecular complexity index is 444. The first kappa shape index (κ1) is 12.2. The number of benzene rings is 1. The zero-order valence-electron chi connectivity index (χ0n) is 11.2. The molecule has 0 aromatic heterocycles. The third-order valence-corrected chi connectivity index (χ3v) is 3.33. The summed E-state index contributed by atoms with van der Waals surface area (Å²) in [6.45, 7) is 6.39. The molecule has 0 amide bonds. The number of rotatable bonds is 2. The topological polar surface area (TPSA) is 12.5 Å². The van der Waals surface area contributed by atoms with Gasteiger partial charge in [0.1, 0.15) is 5.76 Å². The molecule has 0 spiro atoms. The Morgan fingerprint density at radius 1 is 1.24 bits per heavy atom. The first-order valence-electron chi connectivity index (χ1n) is 6.14. The van der Waals surface area contributed by atoms with Crippen LogP contribution in [-0.4, -0.2) is 25.6 Å². The van der Waals surface area contributed by atoms with Crippen molar-refractivity contribution in [2.75, 3.05) is 20.7 Å². The Labute approximate surface area is 104 Å². The van der Waals surface area contributed by atoms with Gasteiger partial charge in [-0.25, -0.2) is 0 Å². The summed E-state index contributed by atoms with van der Waals surface area (Å²) in [4.78, 5) is 2.36. The zero-order chi connectivity index (χ0) is 12.4. The monoisotopic (exact) mass is 231 g/mol. The molecule has 2 heteroatoms. The summed E-state index contributed by atoms with van der Waals surface area (Å²) in [5, 5.41) is 0. The number of fused-ring (bicyclic) bond motifs is 1. The van der Waals surface area contributed by atoms with Crippen molar-refractivity contribution in [2.45, 2.75) is 26.8 Å². The van der Waals surface area contributed by atoms with E-state index in [-0.39, 0.29) is 0 Å². The summed E-state index contributed by atoms with van der Waals surface area (Å²) < 4.78 is 5.48. The highest BCUT2D eigenvalue weighted by atomic mass is 16.5. The van der Waals surface area contributed by atoms with E-state index in [4.69, 9.17) is 4.74 Å². The van der Waals surface area contributed by atoms with Gasteiger partial charge in [-0.3, -0.25) is 0 Å². The van der Waals surface area contributed by atoms with Crippen molar-refractivity contribution in [1.29, 1.82) is 0 Å². The quantitative estimate of drug-likeness (QED) is 0.725. The maximum absolute atomic E-state index is 5.48. The molecule has 17 heavy (non-hydrogen) atoms. The van der Waals surface area contributed by atoms with Crippen LogP contribution >= 0.6 is 0 Å². The maximum atomic E-state index is 5.48. The lowest BCUT2D eigenvalue weighted by molar-refractivity contribution is 0.312. The fourth-order valence-electron chi connectivity index (χ4n) is 2.45. The standard InChI is InChI=1S/C15H21NO/c1-11(2)15(17-4)13-5-6-14-10-16(3)8-7-12(14)9-13/h5-6,9H,7-8,10H2,1-4H3. The molecule has 92 valence electrons. The van der Waals surface area contributed by atoms with Crippen LogP contribution in [0.3, 0.4) is 0 Å². The first-order valence-corrected chi connectivity index (χ1v) is 6.14. The van der Waals surface area contributed by atoms with Crippen LogP contribution in [0.2, 0.25) is 0 Å². The van der Waals surface area contributed by atoms with Gasteiger partial charge in [0.15, 0.2) is 0 Å². The van der Waals surface area contributed by atoms with Gasteiger partial charge in [0, 0.05) is 18.7 Å². The van der Waals surface area contributed by atoms with Gasteiger partial charge in [-0.1, -0.05) is 12.1 Å². The molecular formula is C15H21NO. The second-order valence-corrected chi connectivity index (χ2v) is 5.00. The Hall–Kier alpha value is -1.28. The number of hydrogen-bond acceptors (Lipinski definition) is 2. The van der Waals surface area contributed by atoms with E-state index in [0.29, 0.717) is 0 Å². The van der Waals surface area contributed by atoms with E-state index in [1.54, 1.807) is 7.11 Å². The Balaban J connectivity index is 2.37. The van der Waals surface area contributed by atoms with Crippen LogP contribution in [0, 0.1) is 0 Å². The SMILES string of the molecule is COC(=C(C)C)c1ccc2c(c1)CCN(C)C2. The van der Waals surface area contributed by atoms with Crippen molar-refractivity contribution in [2.24, 2.45) is 0 Å². The van der Waals surface area contributed by atoms with Crippen molar-refractivity contribution in [3.05, 3.63) is 40.5 Å². The van der Waals surface area contributed by atoms with Crippen LogP contribution in [0.25, 0.3) is 5.76 Å². The normalized spacial score (nSPS) is 15.3. The van der Waals surface area contributed by atoms with E-state index in [1.165, 1.54) is 22.3 Å². The van der Waals surface area contributed by atoms with Gasteiger partial charge in [0.25, 0.3) is 0 Å². The second-order valence-electron chi connectivity index (χ2n) is 5.00. The van der Waals surface area contributed by atoms with Crippen molar-refractivity contribution in [1.82, 2.24) is 4.90 Å². The fourth-order valence-corrected chi connectivity index (χ4v) is 2.45. The molecule has 0 atom stereocenters. The number of methoxy groups -OCH3 is 1. The Kier molecular flexibility index (Phi) is 3.53. The van der Waals surface area contributed by atoms with E-state index < -0.39 is 0 Å². The minimum Gasteiger partial charge on any atom is -0.496 e. The highest BCUT2D eigenvalue weighted by Gasteiger charge is 2.14. The minimum atomic E-state index is 1.01. The van der Waals surface area contributed by atoms with E-state index >= 15 is 0 Å². The van der Waals surface area contributed by atoms with Crippen LogP contribution in [0.1, 0.15) is 30.5 Å². The fraction of sp³-hybridized carbons (Fsp3) is 0.467. The average Bonchev–Trinajstić information content (AvgIpc) is 2.29. The Morgan fingerprint density at radius 3 is 2.65 bits per heavy atom. The third-order valence-electron chi connectivity index (χ3n) is 3.33. The smallest absolute Gasteiger partial charge is 0.124 e. The average molecular weight is 231 g/mol. The molecule has 0 saturated heterocycles. The van der Waals surface area contributed by atoms with Crippen molar-refractivity contribution >= 4 is 5.76 Å². The molecule has 1 aliphatic heterocycles. The number of ether oxygens (including phenoxy) is 1. The largest absolute Gasteiger partial charge is 0.496 e. The van der Waals surface area contributed by atoms with E-state index in [2.05, 4.69) is 44.0 Å². The molecular weight excluding hydrogens is 210 g/mol. The number of hydrogen-bond donors (Lipinski definition) is 0. The zero-order valence-corrected chi connectivity index (χ0v) is 11.2. The highest BCUT2D eigenvalue weighted by molar-refractivity contribution is 5.63. The molecule has 2 rings (SSSR count). The van der Waals surface area contributed by atoms with Crippen LogP contribution in [0.15, 0.2) is 23.8 Å². The summed E-state index contributed by atoms with van der Waals surface area (Å²) >= 11 is 0. The lowest BCUT2D eigenvalue weighted by atomic mass is 9.96. The second kappa shape index (κ2) is 4.92. The molecule has 0 aliphatic carbocycles. The highest BCUT2D eigenvalue weighted by Crippen LogP contribution is 2.25. The summed E-state index contributed by atoms with van der Waals surface area (Å²) in [5.41, 5.74) is 5.35. The van der Waals surface area contributed by atoms with Crippen LogP contribution in [0.5, 0.6) is 0 Å². The molecule has 1 aromatic carbocycles. The number of likely N-dealkylation sites (N-methyl/N-ethyl adjacent to an activating group) is 1. The van der Waals surface area contributed by atoms with Crippen LogP contribution in [0.4, 0.5) is 0 Å². The van der Waals surface area contributed by atoms with Gasteiger partial charge in [0.2, 0.25) is 0 Å². The van der Waals surface area contributed by atoms with Crippen molar-refractivity contribution in [3.8, 4) is 0 Å². The molecule has 0 bridgehead atoms. The van der Waals surface area contributed by atoms with Gasteiger partial charge in [-0.05, 0) is 50.1 Å². The maximum Gasteiger partial charge on any atom is 0.124 e. The Morgan fingerprint density at radius 2 is 2.00 bits per heavy atom. The summed E-state index contributed by atoms with van der Waals surface area (Å²) in [6.07, 6.45) is 1.14. The lowest BCUT2D eigenvalue weighted by Gasteiger charge is -2.25. The molecule has 1 aliphatic rings. The van der Waals surface area contributed by atoms with Gasteiger partial charge in [0.05, 0.1) is 7.11 Å². The molecule has 0 saturated carbocycles. The van der Waals surface area contributed by atoms with Gasteiger partial charge < -0.3 is 9.64 Å². The van der Waals surface area contributed by atoms with Crippen LogP contribution in [-0.2, 0) is 17.7 Å². The molecule has 0 radical (unpaired) electrons. The minimum absolute atomic E-state index is 1.01. The lowest BCUT2D eigenvalue weighted by Crippen LogP contribution is -2.26. The predicted molar refractivity (Wildman–Crippen MR) is 71.8 cm³/mol. The van der Waals surface area contributed by atoms with Gasteiger partial charge >= 0.3 is 0 Å². The molecule has 0 unspecified atom stereocenters. The molecule has 0 fully saturated rings. The van der Waals surface area contributed by atoms with Gasteiger partial charge in [-0.2, -0.15) is 0 Å². The third kappa shape index (κ3) is 2.52. The number of nitrogens with zero attached hydrogens (tertiary/aromatic N) is 1. The summed E-state index contributed by atoms with van der Waals surface area (Å²) in [5.74, 6) is 1.01. The molecule has 1 heterocycles. The summed E-state index contributed by atoms with van der Waals surface area (Å²) in [7, 11) is 3.92. The van der Waals surface area contributed by atoms with Crippen molar-refractivity contribution < 1.29 is 4.74 Å². The first-order chi connectivity index (χ1) is 8.11. The number of allylic oxidation sites excluding steroid dienone is 1. The van der Waals surface area contributed by atoms with E-state index in [0.717, 1.165) is 25.3 Å². The van der Waals surface area contributed by atoms with Crippen molar-refractivity contribution in [3.63, 3.8) is 0 Å². The molecule has 0 N–H and O–H groups in total. The molecule has 1 aromatic rings. The molecule has 2 nitrogen and oxygen atoms in total. The van der Waals surface area contributed by atoms with E-state index in [9.17, 15) is 0 Å².